The van der Waals surface area contributed by atoms with Crippen molar-refractivity contribution in [1.29, 1.82) is 0 Å². The predicted octanol–water partition coefficient (Wildman–Crippen LogP) is 3.19. The van der Waals surface area contributed by atoms with E-state index in [2.05, 4.69) is 10.2 Å². The topological polar surface area (TPSA) is 61.9 Å². The van der Waals surface area contributed by atoms with Gasteiger partial charge in [-0.15, -0.1) is 0 Å². The van der Waals surface area contributed by atoms with Crippen LogP contribution in [0.25, 0.3) is 5.57 Å². The SMILES string of the molecule is Cc1ccc(C2=C(Nc3ccc(F)c(F)c3)C(=O)N(CCCN3CCOCC3)C2=O)cc1. The van der Waals surface area contributed by atoms with Crippen LogP contribution < -0.4 is 5.32 Å². The van der Waals surface area contributed by atoms with Crippen LogP contribution in [0.4, 0.5) is 14.5 Å². The van der Waals surface area contributed by atoms with Gasteiger partial charge >= 0.3 is 0 Å². The van der Waals surface area contributed by atoms with E-state index in [1.54, 1.807) is 12.1 Å². The molecule has 1 N–H and O–H groups in total. The molecule has 168 valence electrons. The van der Waals surface area contributed by atoms with E-state index in [4.69, 9.17) is 4.74 Å². The Hall–Kier alpha value is -3.10. The van der Waals surface area contributed by atoms with Crippen LogP contribution in [0.1, 0.15) is 17.5 Å². The number of imide groups is 1. The molecule has 32 heavy (non-hydrogen) atoms. The largest absolute Gasteiger partial charge is 0.379 e. The zero-order chi connectivity index (χ0) is 22.7. The predicted molar refractivity (Wildman–Crippen MR) is 117 cm³/mol. The lowest BCUT2D eigenvalue weighted by molar-refractivity contribution is -0.136. The average Bonchev–Trinajstić information content (AvgIpc) is 3.02. The number of amides is 2. The average molecular weight is 441 g/mol. The summed E-state index contributed by atoms with van der Waals surface area (Å²) in [7, 11) is 0. The fourth-order valence-electron chi connectivity index (χ4n) is 3.88. The van der Waals surface area contributed by atoms with Crippen molar-refractivity contribution in [2.24, 2.45) is 0 Å². The summed E-state index contributed by atoms with van der Waals surface area (Å²) in [5, 5.41) is 2.86. The number of rotatable bonds is 7. The van der Waals surface area contributed by atoms with E-state index in [1.807, 2.05) is 19.1 Å². The Kier molecular flexibility index (Phi) is 6.62. The van der Waals surface area contributed by atoms with Crippen LogP contribution in [0.3, 0.4) is 0 Å². The van der Waals surface area contributed by atoms with Gasteiger partial charge in [-0.2, -0.15) is 0 Å². The number of ether oxygens (including phenoxy) is 1. The van der Waals surface area contributed by atoms with E-state index in [-0.39, 0.29) is 23.5 Å². The van der Waals surface area contributed by atoms with Gasteiger partial charge in [-0.05, 0) is 31.0 Å². The van der Waals surface area contributed by atoms with Crippen LogP contribution in [-0.4, -0.2) is 61.0 Å². The van der Waals surface area contributed by atoms with Crippen molar-refractivity contribution >= 4 is 23.1 Å². The monoisotopic (exact) mass is 441 g/mol. The minimum Gasteiger partial charge on any atom is -0.379 e. The maximum atomic E-state index is 13.7. The molecule has 4 rings (SSSR count). The smallest absolute Gasteiger partial charge is 0.278 e. The summed E-state index contributed by atoms with van der Waals surface area (Å²) in [5.74, 6) is -2.89. The van der Waals surface area contributed by atoms with Crippen molar-refractivity contribution in [3.8, 4) is 0 Å². The minimum atomic E-state index is -1.04. The Bertz CT molecular complexity index is 1050. The molecule has 0 saturated carbocycles. The molecule has 0 radical (unpaired) electrons. The van der Waals surface area contributed by atoms with E-state index in [0.717, 1.165) is 37.3 Å². The maximum absolute atomic E-state index is 13.7. The van der Waals surface area contributed by atoms with Gasteiger partial charge in [-0.3, -0.25) is 19.4 Å². The summed E-state index contributed by atoms with van der Waals surface area (Å²) in [6, 6.07) is 10.5. The molecule has 1 fully saturated rings. The standard InChI is InChI=1S/C24H25F2N3O3/c1-16-3-5-17(6-4-16)21-22(27-18-7-8-19(25)20(26)15-18)24(31)29(23(21)30)10-2-9-28-11-13-32-14-12-28/h3-8,15,27H,2,9-14H2,1H3. The number of nitrogens with one attached hydrogen (secondary N) is 1. The molecule has 8 heteroatoms. The fourth-order valence-corrected chi connectivity index (χ4v) is 3.88. The first kappa shape index (κ1) is 22.1. The van der Waals surface area contributed by atoms with Crippen molar-refractivity contribution < 1.29 is 23.1 Å². The first-order valence-electron chi connectivity index (χ1n) is 10.6. The molecule has 6 nitrogen and oxygen atoms in total. The summed E-state index contributed by atoms with van der Waals surface area (Å²) in [6.45, 7) is 5.99. The van der Waals surface area contributed by atoms with Gasteiger partial charge in [0.05, 0.1) is 18.8 Å². The summed E-state index contributed by atoms with van der Waals surface area (Å²) in [5.41, 5.74) is 2.10. The fraction of sp³-hybridized carbons (Fsp3) is 0.333. The molecule has 0 bridgehead atoms. The maximum Gasteiger partial charge on any atom is 0.278 e. The first-order valence-corrected chi connectivity index (χ1v) is 10.6. The molecule has 0 aliphatic carbocycles. The molecule has 2 heterocycles. The van der Waals surface area contributed by atoms with Gasteiger partial charge in [0, 0.05) is 37.9 Å². The summed E-state index contributed by atoms with van der Waals surface area (Å²) in [6.07, 6.45) is 0.636. The van der Waals surface area contributed by atoms with E-state index in [9.17, 15) is 18.4 Å². The van der Waals surface area contributed by atoms with Gasteiger partial charge in [-0.1, -0.05) is 29.8 Å². The van der Waals surface area contributed by atoms with Crippen molar-refractivity contribution in [3.63, 3.8) is 0 Å². The number of hydrogen-bond donors (Lipinski definition) is 1. The van der Waals surface area contributed by atoms with Gasteiger partial charge in [0.2, 0.25) is 0 Å². The van der Waals surface area contributed by atoms with Crippen LogP contribution in [0.15, 0.2) is 48.2 Å². The van der Waals surface area contributed by atoms with Crippen LogP contribution >= 0.6 is 0 Å². The Morgan fingerprint density at radius 2 is 1.66 bits per heavy atom. The molecule has 2 amide bonds. The highest BCUT2D eigenvalue weighted by Gasteiger charge is 2.39. The number of anilines is 1. The molecule has 2 aliphatic heterocycles. The highest BCUT2D eigenvalue weighted by molar-refractivity contribution is 6.36. The Morgan fingerprint density at radius 3 is 2.34 bits per heavy atom. The van der Waals surface area contributed by atoms with Crippen molar-refractivity contribution in [2.45, 2.75) is 13.3 Å². The van der Waals surface area contributed by atoms with Gasteiger partial charge < -0.3 is 10.1 Å². The third kappa shape index (κ3) is 4.71. The van der Waals surface area contributed by atoms with Crippen molar-refractivity contribution in [1.82, 2.24) is 9.80 Å². The number of hydrogen-bond acceptors (Lipinski definition) is 5. The lowest BCUT2D eigenvalue weighted by atomic mass is 10.0. The van der Waals surface area contributed by atoms with Crippen LogP contribution in [0.2, 0.25) is 0 Å². The molecule has 2 aromatic rings. The minimum absolute atomic E-state index is 0.0660. The third-order valence-electron chi connectivity index (χ3n) is 5.66. The molecule has 0 atom stereocenters. The molecule has 2 aromatic carbocycles. The summed E-state index contributed by atoms with van der Waals surface area (Å²) < 4.78 is 32.4. The normalized spacial score (nSPS) is 17.4. The van der Waals surface area contributed by atoms with E-state index >= 15 is 0 Å². The number of benzene rings is 2. The highest BCUT2D eigenvalue weighted by Crippen LogP contribution is 2.31. The number of carbonyl (C=O) groups excluding carboxylic acids is 2. The second-order valence-electron chi connectivity index (χ2n) is 7.94. The molecule has 0 aromatic heterocycles. The summed E-state index contributed by atoms with van der Waals surface area (Å²) in [4.78, 5) is 29.9. The quantitative estimate of drug-likeness (QED) is 0.669. The number of aryl methyl sites for hydroxylation is 1. The van der Waals surface area contributed by atoms with Gasteiger partial charge in [-0.25, -0.2) is 8.78 Å². The van der Waals surface area contributed by atoms with Gasteiger partial charge in [0.15, 0.2) is 11.6 Å². The van der Waals surface area contributed by atoms with Crippen LogP contribution in [-0.2, 0) is 14.3 Å². The van der Waals surface area contributed by atoms with Gasteiger partial charge in [0.25, 0.3) is 11.8 Å². The van der Waals surface area contributed by atoms with Crippen molar-refractivity contribution in [2.75, 3.05) is 44.7 Å². The van der Waals surface area contributed by atoms with Gasteiger partial charge in [0.1, 0.15) is 5.70 Å². The van der Waals surface area contributed by atoms with Crippen molar-refractivity contribution in [3.05, 3.63) is 70.9 Å². The van der Waals surface area contributed by atoms with E-state index in [1.165, 1.54) is 11.0 Å². The number of halogens is 2. The van der Waals surface area contributed by atoms with Crippen LogP contribution in [0, 0.1) is 18.6 Å². The third-order valence-corrected chi connectivity index (χ3v) is 5.66. The number of carbonyl (C=O) groups is 2. The second kappa shape index (κ2) is 9.58. The second-order valence-corrected chi connectivity index (χ2v) is 7.94. The zero-order valence-electron chi connectivity index (χ0n) is 17.9. The zero-order valence-corrected chi connectivity index (χ0v) is 17.9. The number of morpholine rings is 1. The molecular formula is C24H25F2N3O3. The summed E-state index contributed by atoms with van der Waals surface area (Å²) >= 11 is 0. The molecule has 1 saturated heterocycles. The Labute approximate surface area is 185 Å². The Balaban J connectivity index is 1.57. The Morgan fingerprint density at radius 1 is 0.938 bits per heavy atom. The van der Waals surface area contributed by atoms with E-state index in [0.29, 0.717) is 25.2 Å². The first-order chi connectivity index (χ1) is 15.4. The van der Waals surface area contributed by atoms with Crippen LogP contribution in [0.5, 0.6) is 0 Å². The highest BCUT2D eigenvalue weighted by atomic mass is 19.2. The molecular weight excluding hydrogens is 416 g/mol. The molecule has 2 aliphatic rings. The molecule has 0 spiro atoms. The lowest BCUT2D eigenvalue weighted by Gasteiger charge is -2.27. The molecule has 0 unspecified atom stereocenters. The number of nitrogens with zero attached hydrogens (tertiary/aromatic N) is 2. The van der Waals surface area contributed by atoms with E-state index < -0.39 is 23.4 Å². The lowest BCUT2D eigenvalue weighted by Crippen LogP contribution is -2.39.